The molecule has 1 aromatic rings. The highest BCUT2D eigenvalue weighted by Gasteiger charge is 2.02. The van der Waals surface area contributed by atoms with E-state index in [1.54, 1.807) is 11.8 Å². The van der Waals surface area contributed by atoms with E-state index in [-0.39, 0.29) is 6.61 Å². The van der Waals surface area contributed by atoms with Crippen LogP contribution in [0, 0.1) is 0 Å². The number of halogens is 1. The van der Waals surface area contributed by atoms with Crippen LogP contribution in [0.15, 0.2) is 23.1 Å². The second-order valence-electron chi connectivity index (χ2n) is 3.51. The van der Waals surface area contributed by atoms with E-state index in [1.807, 2.05) is 12.1 Å². The van der Waals surface area contributed by atoms with E-state index in [1.165, 1.54) is 5.56 Å². The average molecular weight is 260 g/mol. The summed E-state index contributed by atoms with van der Waals surface area (Å²) in [7, 11) is 0. The van der Waals surface area contributed by atoms with Crippen molar-refractivity contribution in [2.75, 3.05) is 18.9 Å². The molecular weight excluding hydrogens is 242 g/mol. The van der Waals surface area contributed by atoms with Gasteiger partial charge in [-0.2, -0.15) is 0 Å². The highest BCUT2D eigenvalue weighted by molar-refractivity contribution is 7.99. The van der Waals surface area contributed by atoms with Crippen LogP contribution in [0.4, 0.5) is 0 Å². The summed E-state index contributed by atoms with van der Waals surface area (Å²) in [6.45, 7) is 4.21. The molecule has 1 rings (SSSR count). The molecule has 0 amide bonds. The standard InChI is InChI=1S/C12H18ClNOS/c1-2-5-14-9-10-3-4-12(11(13)8-10)16-7-6-15/h3-4,8,14-15H,2,5-7,9H2,1H3. The van der Waals surface area contributed by atoms with Gasteiger partial charge in [-0.25, -0.2) is 0 Å². The van der Waals surface area contributed by atoms with Gasteiger partial charge in [0.05, 0.1) is 11.6 Å². The van der Waals surface area contributed by atoms with Crippen LogP contribution >= 0.6 is 23.4 Å². The molecule has 0 aliphatic rings. The molecule has 0 saturated carbocycles. The SMILES string of the molecule is CCCNCc1ccc(SCCO)c(Cl)c1. The van der Waals surface area contributed by atoms with E-state index in [9.17, 15) is 0 Å². The summed E-state index contributed by atoms with van der Waals surface area (Å²) in [5.74, 6) is 0.688. The van der Waals surface area contributed by atoms with Crippen LogP contribution in [0.5, 0.6) is 0 Å². The van der Waals surface area contributed by atoms with Gasteiger partial charge in [0.15, 0.2) is 0 Å². The van der Waals surface area contributed by atoms with Gasteiger partial charge in [-0.05, 0) is 30.7 Å². The van der Waals surface area contributed by atoms with Gasteiger partial charge >= 0.3 is 0 Å². The summed E-state index contributed by atoms with van der Waals surface area (Å²) in [6, 6.07) is 6.09. The number of rotatable bonds is 7. The summed E-state index contributed by atoms with van der Waals surface area (Å²) < 4.78 is 0. The van der Waals surface area contributed by atoms with Crippen molar-refractivity contribution in [3.8, 4) is 0 Å². The lowest BCUT2D eigenvalue weighted by molar-refractivity contribution is 0.322. The Morgan fingerprint density at radius 2 is 2.25 bits per heavy atom. The van der Waals surface area contributed by atoms with Crippen molar-refractivity contribution in [1.82, 2.24) is 5.32 Å². The predicted molar refractivity (Wildman–Crippen MR) is 71.3 cm³/mol. The Balaban J connectivity index is 2.53. The molecule has 0 aromatic heterocycles. The van der Waals surface area contributed by atoms with E-state index in [4.69, 9.17) is 16.7 Å². The summed E-state index contributed by atoms with van der Waals surface area (Å²) in [5, 5.41) is 12.9. The van der Waals surface area contributed by atoms with Crippen molar-refractivity contribution in [3.63, 3.8) is 0 Å². The third-order valence-corrected chi connectivity index (χ3v) is 3.58. The second kappa shape index (κ2) is 7.96. The average Bonchev–Trinajstić information content (AvgIpc) is 2.28. The first-order chi connectivity index (χ1) is 7.77. The molecule has 0 atom stereocenters. The lowest BCUT2D eigenvalue weighted by Gasteiger charge is -2.07. The zero-order valence-corrected chi connectivity index (χ0v) is 11.1. The Labute approximate surface area is 106 Å². The lowest BCUT2D eigenvalue weighted by atomic mass is 10.2. The van der Waals surface area contributed by atoms with Gasteiger partial charge in [0.2, 0.25) is 0 Å². The summed E-state index contributed by atoms with van der Waals surface area (Å²) in [4.78, 5) is 1.04. The number of benzene rings is 1. The van der Waals surface area contributed by atoms with Crippen LogP contribution in [0.2, 0.25) is 5.02 Å². The molecule has 0 bridgehead atoms. The predicted octanol–water partition coefficient (Wildman–Crippen LogP) is 2.92. The van der Waals surface area contributed by atoms with E-state index in [0.717, 1.165) is 29.4 Å². The topological polar surface area (TPSA) is 32.3 Å². The Bertz CT molecular complexity index is 320. The molecule has 4 heteroatoms. The fraction of sp³-hybridized carbons (Fsp3) is 0.500. The third kappa shape index (κ3) is 4.74. The van der Waals surface area contributed by atoms with E-state index in [0.29, 0.717) is 5.75 Å². The molecule has 0 aliphatic carbocycles. The van der Waals surface area contributed by atoms with Crippen LogP contribution in [-0.2, 0) is 6.54 Å². The van der Waals surface area contributed by atoms with Crippen LogP contribution in [0.1, 0.15) is 18.9 Å². The van der Waals surface area contributed by atoms with E-state index < -0.39 is 0 Å². The maximum atomic E-state index is 8.74. The molecule has 0 unspecified atom stereocenters. The van der Waals surface area contributed by atoms with Gasteiger partial charge in [-0.15, -0.1) is 11.8 Å². The quantitative estimate of drug-likeness (QED) is 0.583. The van der Waals surface area contributed by atoms with Crippen LogP contribution in [0.3, 0.4) is 0 Å². The highest BCUT2D eigenvalue weighted by atomic mass is 35.5. The van der Waals surface area contributed by atoms with Crippen molar-refractivity contribution in [3.05, 3.63) is 28.8 Å². The molecule has 90 valence electrons. The number of hydrogen-bond donors (Lipinski definition) is 2. The monoisotopic (exact) mass is 259 g/mol. The normalized spacial score (nSPS) is 10.7. The van der Waals surface area contributed by atoms with E-state index >= 15 is 0 Å². The van der Waals surface area contributed by atoms with E-state index in [2.05, 4.69) is 18.3 Å². The fourth-order valence-corrected chi connectivity index (χ4v) is 2.38. The molecule has 0 radical (unpaired) electrons. The van der Waals surface area contributed by atoms with Crippen LogP contribution < -0.4 is 5.32 Å². The number of thioether (sulfide) groups is 1. The molecule has 2 N–H and O–H groups in total. The van der Waals surface area contributed by atoms with Gasteiger partial charge in [-0.1, -0.05) is 24.6 Å². The minimum atomic E-state index is 0.181. The Kier molecular flexibility index (Phi) is 6.88. The van der Waals surface area contributed by atoms with Crippen molar-refractivity contribution < 1.29 is 5.11 Å². The summed E-state index contributed by atoms with van der Waals surface area (Å²) in [6.07, 6.45) is 1.14. The van der Waals surface area contributed by atoms with Gasteiger partial charge in [0.1, 0.15) is 0 Å². The summed E-state index contributed by atoms with van der Waals surface area (Å²) >= 11 is 7.73. The smallest absolute Gasteiger partial charge is 0.0545 e. The van der Waals surface area contributed by atoms with Gasteiger partial charge < -0.3 is 10.4 Å². The first kappa shape index (κ1) is 13.8. The number of aliphatic hydroxyl groups excluding tert-OH is 1. The first-order valence-electron chi connectivity index (χ1n) is 5.50. The fourth-order valence-electron chi connectivity index (χ4n) is 1.34. The highest BCUT2D eigenvalue weighted by Crippen LogP contribution is 2.27. The third-order valence-electron chi connectivity index (χ3n) is 2.10. The largest absolute Gasteiger partial charge is 0.396 e. The van der Waals surface area contributed by atoms with Crippen LogP contribution in [0.25, 0.3) is 0 Å². The number of hydrogen-bond acceptors (Lipinski definition) is 3. The lowest BCUT2D eigenvalue weighted by Crippen LogP contribution is -2.13. The molecule has 1 aromatic carbocycles. The number of nitrogens with one attached hydrogen (secondary N) is 1. The zero-order chi connectivity index (χ0) is 11.8. The Morgan fingerprint density at radius 1 is 1.44 bits per heavy atom. The van der Waals surface area contributed by atoms with Crippen molar-refractivity contribution in [2.45, 2.75) is 24.8 Å². The molecule has 0 saturated heterocycles. The Morgan fingerprint density at radius 3 is 2.88 bits per heavy atom. The minimum absolute atomic E-state index is 0.181. The zero-order valence-electron chi connectivity index (χ0n) is 9.50. The Hall–Kier alpha value is -0.220. The van der Waals surface area contributed by atoms with Crippen molar-refractivity contribution >= 4 is 23.4 Å². The number of aliphatic hydroxyl groups is 1. The molecule has 0 fully saturated rings. The molecule has 16 heavy (non-hydrogen) atoms. The molecular formula is C12H18ClNOS. The molecule has 0 heterocycles. The first-order valence-corrected chi connectivity index (χ1v) is 6.87. The van der Waals surface area contributed by atoms with Gasteiger partial charge in [0, 0.05) is 17.2 Å². The maximum Gasteiger partial charge on any atom is 0.0545 e. The van der Waals surface area contributed by atoms with Crippen molar-refractivity contribution in [1.29, 1.82) is 0 Å². The van der Waals surface area contributed by atoms with Crippen molar-refractivity contribution in [2.24, 2.45) is 0 Å². The minimum Gasteiger partial charge on any atom is -0.396 e. The molecule has 2 nitrogen and oxygen atoms in total. The maximum absolute atomic E-state index is 8.74. The van der Waals surface area contributed by atoms with Gasteiger partial charge in [-0.3, -0.25) is 0 Å². The summed E-state index contributed by atoms with van der Waals surface area (Å²) in [5.41, 5.74) is 1.20. The molecule has 0 spiro atoms. The second-order valence-corrected chi connectivity index (χ2v) is 5.06. The van der Waals surface area contributed by atoms with Gasteiger partial charge in [0.25, 0.3) is 0 Å². The van der Waals surface area contributed by atoms with Crippen LogP contribution in [-0.4, -0.2) is 24.0 Å². The molecule has 0 aliphatic heterocycles.